The van der Waals surface area contributed by atoms with E-state index in [2.05, 4.69) is 15.4 Å². The molecule has 1 aromatic heterocycles. The van der Waals surface area contributed by atoms with Crippen molar-refractivity contribution in [1.29, 1.82) is 0 Å². The molecule has 0 saturated carbocycles. The maximum atomic E-state index is 13.9. The summed E-state index contributed by atoms with van der Waals surface area (Å²) in [6.07, 6.45) is 0. The lowest BCUT2D eigenvalue weighted by molar-refractivity contribution is 0.0520. The van der Waals surface area contributed by atoms with Crippen LogP contribution in [0.4, 0.5) is 4.39 Å². The Balaban J connectivity index is 1.90. The molecule has 0 saturated heterocycles. The maximum absolute atomic E-state index is 13.9. The third kappa shape index (κ3) is 3.67. The monoisotopic (exact) mass is 375 g/mol. The molecule has 1 heterocycles. The molecule has 0 spiro atoms. The molecule has 1 N–H and O–H groups in total. The van der Waals surface area contributed by atoms with Crippen molar-refractivity contribution >= 4 is 17.6 Å². The molecule has 3 rings (SSSR count). The number of halogens is 2. The van der Waals surface area contributed by atoms with E-state index in [1.165, 1.54) is 12.1 Å². The maximum Gasteiger partial charge on any atom is 0.361 e. The number of carbonyl (C=O) groups excluding carboxylic acids is 1. The molecule has 0 unspecified atom stereocenters. The molecule has 0 aliphatic rings. The summed E-state index contributed by atoms with van der Waals surface area (Å²) in [5, 5.41) is 10.6. The van der Waals surface area contributed by atoms with Gasteiger partial charge < -0.3 is 9.47 Å². The van der Waals surface area contributed by atoms with Crippen molar-refractivity contribution in [3.05, 3.63) is 64.6 Å². The molecule has 0 radical (unpaired) electrons. The van der Waals surface area contributed by atoms with Crippen LogP contribution in [0.3, 0.4) is 0 Å². The Morgan fingerprint density at radius 3 is 2.77 bits per heavy atom. The minimum Gasteiger partial charge on any atom is -0.488 e. The zero-order valence-corrected chi connectivity index (χ0v) is 14.6. The standard InChI is InChI=1S/C18H15ClFN3O3/c1-2-25-18(24)17-16(21-23-22-17)11-6-3-4-9-15(11)26-10-12-13(19)7-5-8-14(12)20/h3-9H,2,10H2,1H3,(H,21,22,23). The predicted molar refractivity (Wildman–Crippen MR) is 93.5 cm³/mol. The van der Waals surface area contributed by atoms with E-state index in [1.54, 1.807) is 37.3 Å². The third-order valence-corrected chi connectivity index (χ3v) is 3.95. The molecule has 8 heteroatoms. The fraction of sp³-hybridized carbons (Fsp3) is 0.167. The predicted octanol–water partition coefficient (Wildman–Crippen LogP) is 4.02. The summed E-state index contributed by atoms with van der Waals surface area (Å²) in [6, 6.07) is 11.4. The number of para-hydroxylation sites is 1. The van der Waals surface area contributed by atoms with Crippen LogP contribution in [-0.2, 0) is 11.3 Å². The number of rotatable bonds is 6. The molecule has 0 atom stereocenters. The van der Waals surface area contributed by atoms with Gasteiger partial charge in [0.25, 0.3) is 0 Å². The first-order chi connectivity index (χ1) is 12.6. The van der Waals surface area contributed by atoms with Crippen LogP contribution in [0.5, 0.6) is 5.75 Å². The normalized spacial score (nSPS) is 10.6. The van der Waals surface area contributed by atoms with Crippen molar-refractivity contribution in [2.75, 3.05) is 6.61 Å². The number of aromatic amines is 1. The summed E-state index contributed by atoms with van der Waals surface area (Å²) in [5.41, 5.74) is 1.11. The molecular formula is C18H15ClFN3O3. The molecule has 134 valence electrons. The van der Waals surface area contributed by atoms with E-state index in [-0.39, 0.29) is 29.5 Å². The van der Waals surface area contributed by atoms with Crippen molar-refractivity contribution in [2.24, 2.45) is 0 Å². The molecule has 0 amide bonds. The minimum atomic E-state index is -0.594. The number of H-pyrrole nitrogens is 1. The topological polar surface area (TPSA) is 77.1 Å². The van der Waals surface area contributed by atoms with E-state index in [1.807, 2.05) is 0 Å². The van der Waals surface area contributed by atoms with Crippen LogP contribution >= 0.6 is 11.6 Å². The second-order valence-electron chi connectivity index (χ2n) is 5.23. The smallest absolute Gasteiger partial charge is 0.361 e. The number of esters is 1. The van der Waals surface area contributed by atoms with Gasteiger partial charge in [-0.05, 0) is 31.2 Å². The van der Waals surface area contributed by atoms with Crippen molar-refractivity contribution in [1.82, 2.24) is 15.4 Å². The number of benzene rings is 2. The van der Waals surface area contributed by atoms with E-state index >= 15 is 0 Å². The van der Waals surface area contributed by atoms with Crippen LogP contribution in [0.25, 0.3) is 11.3 Å². The molecule has 0 bridgehead atoms. The average Bonchev–Trinajstić information content (AvgIpc) is 3.11. The fourth-order valence-corrected chi connectivity index (χ4v) is 2.59. The van der Waals surface area contributed by atoms with Gasteiger partial charge in [-0.3, -0.25) is 0 Å². The van der Waals surface area contributed by atoms with Gasteiger partial charge in [0.1, 0.15) is 23.9 Å². The van der Waals surface area contributed by atoms with E-state index in [4.69, 9.17) is 21.1 Å². The van der Waals surface area contributed by atoms with Crippen LogP contribution in [0.15, 0.2) is 42.5 Å². The summed E-state index contributed by atoms with van der Waals surface area (Å²) < 4.78 is 24.7. The zero-order valence-electron chi connectivity index (χ0n) is 13.8. The quantitative estimate of drug-likeness (QED) is 0.658. The minimum absolute atomic E-state index is 0.0480. The molecule has 26 heavy (non-hydrogen) atoms. The zero-order chi connectivity index (χ0) is 18.5. The van der Waals surface area contributed by atoms with E-state index < -0.39 is 11.8 Å². The lowest BCUT2D eigenvalue weighted by Gasteiger charge is -2.12. The fourth-order valence-electron chi connectivity index (χ4n) is 2.37. The summed E-state index contributed by atoms with van der Waals surface area (Å²) in [4.78, 5) is 12.0. The van der Waals surface area contributed by atoms with Crippen molar-refractivity contribution in [3.63, 3.8) is 0 Å². The van der Waals surface area contributed by atoms with Gasteiger partial charge in [-0.2, -0.15) is 10.3 Å². The van der Waals surface area contributed by atoms with Crippen LogP contribution < -0.4 is 4.74 Å². The molecule has 6 nitrogen and oxygen atoms in total. The van der Waals surface area contributed by atoms with Gasteiger partial charge in [0.15, 0.2) is 5.69 Å². The SMILES string of the molecule is CCOC(=O)c1n[nH]nc1-c1ccccc1OCc1c(F)cccc1Cl. The van der Waals surface area contributed by atoms with Crippen molar-refractivity contribution in [3.8, 4) is 17.0 Å². The molecule has 3 aromatic rings. The average molecular weight is 376 g/mol. The first-order valence-electron chi connectivity index (χ1n) is 7.84. The van der Waals surface area contributed by atoms with Gasteiger partial charge in [-0.25, -0.2) is 9.18 Å². The summed E-state index contributed by atoms with van der Waals surface area (Å²) in [5.74, 6) is -0.641. The van der Waals surface area contributed by atoms with Crippen LogP contribution in [0.1, 0.15) is 23.0 Å². The molecule has 2 aromatic carbocycles. The highest BCUT2D eigenvalue weighted by Crippen LogP contribution is 2.31. The van der Waals surface area contributed by atoms with Gasteiger partial charge in [0.05, 0.1) is 11.6 Å². The van der Waals surface area contributed by atoms with Crippen LogP contribution in [-0.4, -0.2) is 28.0 Å². The number of carbonyl (C=O) groups is 1. The highest BCUT2D eigenvalue weighted by molar-refractivity contribution is 6.31. The summed E-state index contributed by atoms with van der Waals surface area (Å²) in [7, 11) is 0. The number of nitrogens with one attached hydrogen (secondary N) is 1. The van der Waals surface area contributed by atoms with Gasteiger partial charge in [-0.15, -0.1) is 5.10 Å². The third-order valence-electron chi connectivity index (χ3n) is 3.59. The van der Waals surface area contributed by atoms with E-state index in [9.17, 15) is 9.18 Å². The summed E-state index contributed by atoms with van der Waals surface area (Å²) in [6.45, 7) is 1.84. The van der Waals surface area contributed by atoms with E-state index in [0.29, 0.717) is 17.0 Å². The number of aromatic nitrogens is 3. The summed E-state index contributed by atoms with van der Waals surface area (Å²) >= 11 is 6.03. The first kappa shape index (κ1) is 17.9. The largest absolute Gasteiger partial charge is 0.488 e. The number of ether oxygens (including phenoxy) is 2. The molecule has 0 fully saturated rings. The van der Waals surface area contributed by atoms with Gasteiger partial charge in [0.2, 0.25) is 0 Å². The Bertz CT molecular complexity index is 909. The van der Waals surface area contributed by atoms with Crippen molar-refractivity contribution < 1.29 is 18.7 Å². The Morgan fingerprint density at radius 1 is 1.19 bits per heavy atom. The van der Waals surface area contributed by atoms with Crippen LogP contribution in [0.2, 0.25) is 5.02 Å². The Hall–Kier alpha value is -2.93. The first-order valence-corrected chi connectivity index (χ1v) is 8.22. The highest BCUT2D eigenvalue weighted by Gasteiger charge is 2.21. The lowest BCUT2D eigenvalue weighted by Crippen LogP contribution is -2.07. The number of nitrogens with zero attached hydrogens (tertiary/aromatic N) is 2. The highest BCUT2D eigenvalue weighted by atomic mass is 35.5. The van der Waals surface area contributed by atoms with Gasteiger partial charge >= 0.3 is 5.97 Å². The van der Waals surface area contributed by atoms with Gasteiger partial charge in [0, 0.05) is 11.1 Å². The second-order valence-corrected chi connectivity index (χ2v) is 5.63. The molecular weight excluding hydrogens is 361 g/mol. The second kappa shape index (κ2) is 7.97. The molecule has 0 aliphatic carbocycles. The number of hydrogen-bond donors (Lipinski definition) is 1. The van der Waals surface area contributed by atoms with Crippen molar-refractivity contribution in [2.45, 2.75) is 13.5 Å². The Labute approximate surface area is 153 Å². The lowest BCUT2D eigenvalue weighted by atomic mass is 10.1. The number of hydrogen-bond acceptors (Lipinski definition) is 5. The van der Waals surface area contributed by atoms with Gasteiger partial charge in [-0.1, -0.05) is 29.8 Å². The van der Waals surface area contributed by atoms with Crippen LogP contribution in [0, 0.1) is 5.82 Å². The Morgan fingerprint density at radius 2 is 2.00 bits per heavy atom. The Kier molecular flexibility index (Phi) is 5.48. The van der Waals surface area contributed by atoms with E-state index in [0.717, 1.165) is 0 Å². The molecule has 0 aliphatic heterocycles.